The second kappa shape index (κ2) is 7.95. The van der Waals surface area contributed by atoms with E-state index in [1.165, 1.54) is 0 Å². The van der Waals surface area contributed by atoms with Gasteiger partial charge in [-0.2, -0.15) is 0 Å². The van der Waals surface area contributed by atoms with Crippen molar-refractivity contribution in [1.29, 1.82) is 0 Å². The van der Waals surface area contributed by atoms with Crippen LogP contribution in [0.3, 0.4) is 0 Å². The van der Waals surface area contributed by atoms with Crippen LogP contribution in [0.1, 0.15) is 30.9 Å². The van der Waals surface area contributed by atoms with Crippen LogP contribution >= 0.6 is 0 Å². The van der Waals surface area contributed by atoms with Gasteiger partial charge in [0.25, 0.3) is 0 Å². The van der Waals surface area contributed by atoms with E-state index in [1.807, 2.05) is 25.1 Å². The van der Waals surface area contributed by atoms with Crippen molar-refractivity contribution in [3.8, 4) is 11.8 Å². The molecule has 0 fully saturated rings. The molecule has 1 aromatic rings. The van der Waals surface area contributed by atoms with E-state index in [-0.39, 0.29) is 18.9 Å². The predicted molar refractivity (Wildman–Crippen MR) is 75.9 cm³/mol. The molecule has 0 saturated carbocycles. The van der Waals surface area contributed by atoms with Crippen molar-refractivity contribution in [1.82, 2.24) is 4.72 Å². The Balaban J connectivity index is 2.72. The fourth-order valence-corrected chi connectivity index (χ4v) is 2.71. The zero-order valence-corrected chi connectivity index (χ0v) is 11.8. The maximum Gasteiger partial charge on any atom is 0.211 e. The van der Waals surface area contributed by atoms with Crippen molar-refractivity contribution in [3.05, 3.63) is 35.4 Å². The third kappa shape index (κ3) is 5.88. The van der Waals surface area contributed by atoms with E-state index in [1.54, 1.807) is 6.07 Å². The molecule has 0 saturated heterocycles. The largest absolute Gasteiger partial charge is 0.384 e. The van der Waals surface area contributed by atoms with E-state index >= 15 is 0 Å². The summed E-state index contributed by atoms with van der Waals surface area (Å²) in [6.07, 6.45) is 1.50. The molecule has 1 rings (SSSR count). The topological polar surface area (TPSA) is 66.4 Å². The molecule has 0 aliphatic heterocycles. The molecule has 104 valence electrons. The Labute approximate surface area is 114 Å². The monoisotopic (exact) mass is 281 g/mol. The molecule has 0 heterocycles. The summed E-state index contributed by atoms with van der Waals surface area (Å²) < 4.78 is 26.0. The summed E-state index contributed by atoms with van der Waals surface area (Å²) >= 11 is 0. The predicted octanol–water partition coefficient (Wildman–Crippen LogP) is 1.25. The number of benzene rings is 1. The Morgan fingerprint density at radius 2 is 2.05 bits per heavy atom. The van der Waals surface area contributed by atoms with Gasteiger partial charge in [-0.1, -0.05) is 43.4 Å². The first-order chi connectivity index (χ1) is 9.09. The van der Waals surface area contributed by atoms with Gasteiger partial charge in [0.1, 0.15) is 6.61 Å². The Morgan fingerprint density at radius 1 is 1.32 bits per heavy atom. The van der Waals surface area contributed by atoms with E-state index in [0.717, 1.165) is 17.5 Å². The third-order valence-electron chi connectivity index (χ3n) is 2.57. The normalized spacial score (nSPS) is 10.8. The number of nitrogens with one attached hydrogen (secondary N) is 1. The molecule has 0 aliphatic rings. The standard InChI is InChI=1S/C14H19NO3S/c1-2-3-11-19(17,18)15-12-14-8-5-4-7-13(14)9-6-10-16/h4-5,7-8,15-16H,2-3,10-12H2,1H3. The van der Waals surface area contributed by atoms with Gasteiger partial charge >= 0.3 is 0 Å². The first-order valence-electron chi connectivity index (χ1n) is 6.24. The lowest BCUT2D eigenvalue weighted by molar-refractivity contribution is 0.350. The molecule has 4 nitrogen and oxygen atoms in total. The molecule has 5 heteroatoms. The highest BCUT2D eigenvalue weighted by atomic mass is 32.2. The van der Waals surface area contributed by atoms with Gasteiger partial charge < -0.3 is 5.11 Å². The number of rotatable bonds is 6. The van der Waals surface area contributed by atoms with Crippen molar-refractivity contribution in [3.63, 3.8) is 0 Å². The zero-order chi connectivity index (χ0) is 14.1. The minimum Gasteiger partial charge on any atom is -0.384 e. The van der Waals surface area contributed by atoms with Gasteiger partial charge in [-0.3, -0.25) is 0 Å². The van der Waals surface area contributed by atoms with Crippen molar-refractivity contribution in [2.24, 2.45) is 0 Å². The van der Waals surface area contributed by atoms with Crippen LogP contribution in [0.25, 0.3) is 0 Å². The maximum absolute atomic E-state index is 11.7. The molecule has 0 unspecified atom stereocenters. The van der Waals surface area contributed by atoms with Gasteiger partial charge in [0.15, 0.2) is 0 Å². The van der Waals surface area contributed by atoms with E-state index in [9.17, 15) is 8.42 Å². The summed E-state index contributed by atoms with van der Waals surface area (Å²) in [7, 11) is -3.23. The number of aliphatic hydroxyl groups excluding tert-OH is 1. The SMILES string of the molecule is CCCCS(=O)(=O)NCc1ccccc1C#CCO. The first kappa shape index (κ1) is 15.7. The highest BCUT2D eigenvalue weighted by Gasteiger charge is 2.09. The van der Waals surface area contributed by atoms with Crippen LogP contribution in [0.15, 0.2) is 24.3 Å². The van der Waals surface area contributed by atoms with Gasteiger partial charge in [0.2, 0.25) is 10.0 Å². The van der Waals surface area contributed by atoms with Crippen LogP contribution in [0.4, 0.5) is 0 Å². The van der Waals surface area contributed by atoms with Crippen molar-refractivity contribution in [2.45, 2.75) is 26.3 Å². The van der Waals surface area contributed by atoms with Gasteiger partial charge in [0.05, 0.1) is 5.75 Å². The molecule has 2 N–H and O–H groups in total. The van der Waals surface area contributed by atoms with Crippen LogP contribution in [0, 0.1) is 11.8 Å². The van der Waals surface area contributed by atoms with E-state index in [4.69, 9.17) is 5.11 Å². The van der Waals surface area contributed by atoms with Crippen LogP contribution < -0.4 is 4.72 Å². The average Bonchev–Trinajstić information content (AvgIpc) is 2.41. The minimum absolute atomic E-state index is 0.147. The number of aliphatic hydroxyl groups is 1. The quantitative estimate of drug-likeness (QED) is 0.771. The van der Waals surface area contributed by atoms with Gasteiger partial charge in [0, 0.05) is 12.1 Å². The van der Waals surface area contributed by atoms with E-state index in [0.29, 0.717) is 6.42 Å². The average molecular weight is 281 g/mol. The Kier molecular flexibility index (Phi) is 6.57. The summed E-state index contributed by atoms with van der Waals surface area (Å²) in [5.41, 5.74) is 1.54. The highest BCUT2D eigenvalue weighted by Crippen LogP contribution is 2.07. The molecule has 0 aliphatic carbocycles. The summed E-state index contributed by atoms with van der Waals surface area (Å²) in [5.74, 6) is 5.52. The van der Waals surface area contributed by atoms with Gasteiger partial charge in [-0.25, -0.2) is 13.1 Å². The highest BCUT2D eigenvalue weighted by molar-refractivity contribution is 7.89. The summed E-state index contributed by atoms with van der Waals surface area (Å²) in [5, 5.41) is 8.69. The lowest BCUT2D eigenvalue weighted by Crippen LogP contribution is -2.26. The minimum atomic E-state index is -3.23. The molecule has 0 spiro atoms. The summed E-state index contributed by atoms with van der Waals surface area (Å²) in [6.45, 7) is 1.97. The number of unbranched alkanes of at least 4 members (excludes halogenated alkanes) is 1. The second-order valence-electron chi connectivity index (χ2n) is 4.11. The fourth-order valence-electron chi connectivity index (χ4n) is 1.53. The number of hydrogen-bond donors (Lipinski definition) is 2. The fraction of sp³-hybridized carbons (Fsp3) is 0.429. The summed E-state index contributed by atoms with van der Waals surface area (Å²) in [4.78, 5) is 0. The van der Waals surface area contributed by atoms with Crippen LogP contribution in [0.5, 0.6) is 0 Å². The second-order valence-corrected chi connectivity index (χ2v) is 6.04. The van der Waals surface area contributed by atoms with Gasteiger partial charge in [-0.05, 0) is 18.1 Å². The summed E-state index contributed by atoms with van der Waals surface area (Å²) in [6, 6.07) is 7.29. The lowest BCUT2D eigenvalue weighted by atomic mass is 10.1. The van der Waals surface area contributed by atoms with E-state index < -0.39 is 10.0 Å². The Bertz CT molecular complexity index is 556. The first-order valence-corrected chi connectivity index (χ1v) is 7.89. The Hall–Kier alpha value is -1.35. The number of sulfonamides is 1. The van der Waals surface area contributed by atoms with Crippen LogP contribution in [0.2, 0.25) is 0 Å². The zero-order valence-electron chi connectivity index (χ0n) is 11.0. The van der Waals surface area contributed by atoms with Gasteiger partial charge in [-0.15, -0.1) is 0 Å². The maximum atomic E-state index is 11.7. The molecule has 0 amide bonds. The van der Waals surface area contributed by atoms with Crippen molar-refractivity contribution < 1.29 is 13.5 Å². The Morgan fingerprint density at radius 3 is 2.74 bits per heavy atom. The van der Waals surface area contributed by atoms with Crippen LogP contribution in [-0.2, 0) is 16.6 Å². The molecule has 0 bridgehead atoms. The molecular weight excluding hydrogens is 262 g/mol. The van der Waals surface area contributed by atoms with Crippen LogP contribution in [-0.4, -0.2) is 25.9 Å². The van der Waals surface area contributed by atoms with Crippen molar-refractivity contribution >= 4 is 10.0 Å². The molecular formula is C14H19NO3S. The van der Waals surface area contributed by atoms with E-state index in [2.05, 4.69) is 16.6 Å². The molecule has 0 radical (unpaired) electrons. The smallest absolute Gasteiger partial charge is 0.211 e. The molecule has 1 aromatic carbocycles. The third-order valence-corrected chi connectivity index (χ3v) is 3.98. The number of hydrogen-bond acceptors (Lipinski definition) is 3. The lowest BCUT2D eigenvalue weighted by Gasteiger charge is -2.07. The molecule has 0 atom stereocenters. The van der Waals surface area contributed by atoms with Crippen molar-refractivity contribution in [2.75, 3.05) is 12.4 Å². The molecule has 19 heavy (non-hydrogen) atoms. The molecule has 0 aromatic heterocycles.